The predicted molar refractivity (Wildman–Crippen MR) is 44.7 cm³/mol. The van der Waals surface area contributed by atoms with Crippen LogP contribution in [-0.4, -0.2) is 17.8 Å². The van der Waals surface area contributed by atoms with Crippen molar-refractivity contribution in [2.24, 2.45) is 4.99 Å². The van der Waals surface area contributed by atoms with Crippen LogP contribution in [0.5, 0.6) is 0 Å². The monoisotopic (exact) mass is 153 g/mol. The van der Waals surface area contributed by atoms with Crippen LogP contribution in [0.25, 0.3) is 0 Å². The minimum Gasteiger partial charge on any atom is -0.478 e. The van der Waals surface area contributed by atoms with Gasteiger partial charge in [-0.3, -0.25) is 4.99 Å². The third-order valence-corrected chi connectivity index (χ3v) is 1.17. The summed E-state index contributed by atoms with van der Waals surface area (Å²) in [5.74, 6) is -0.949. The quantitative estimate of drug-likeness (QED) is 0.380. The summed E-state index contributed by atoms with van der Waals surface area (Å²) >= 11 is 0. The zero-order valence-corrected chi connectivity index (χ0v) is 6.66. The van der Waals surface area contributed by atoms with Crippen molar-refractivity contribution in [2.75, 3.05) is 0 Å². The maximum absolute atomic E-state index is 10.4. The van der Waals surface area contributed by atoms with E-state index in [-0.39, 0.29) is 5.57 Å². The summed E-state index contributed by atoms with van der Waals surface area (Å²) < 4.78 is 0. The Morgan fingerprint density at radius 1 is 1.64 bits per heavy atom. The molecule has 0 rings (SSSR count). The average molecular weight is 153 g/mol. The first-order valence-corrected chi connectivity index (χ1v) is 3.16. The molecule has 3 nitrogen and oxygen atoms in total. The zero-order chi connectivity index (χ0) is 8.85. The second-order valence-corrected chi connectivity index (χ2v) is 1.99. The van der Waals surface area contributed by atoms with Gasteiger partial charge in [0.05, 0.1) is 5.57 Å². The van der Waals surface area contributed by atoms with Gasteiger partial charge in [-0.05, 0) is 26.6 Å². The number of allylic oxidation sites excluding steroid dienone is 2. The summed E-state index contributed by atoms with van der Waals surface area (Å²) in [4.78, 5) is 14.0. The Morgan fingerprint density at radius 3 is 2.45 bits per heavy atom. The molecule has 11 heavy (non-hydrogen) atoms. The highest BCUT2D eigenvalue weighted by Crippen LogP contribution is 2.02. The Balaban J connectivity index is 4.57. The number of nitrogens with zero attached hydrogens (tertiary/aromatic N) is 1. The minimum absolute atomic E-state index is 0.231. The zero-order valence-electron chi connectivity index (χ0n) is 6.66. The molecule has 0 aromatic heterocycles. The van der Waals surface area contributed by atoms with Crippen molar-refractivity contribution in [3.05, 3.63) is 23.4 Å². The Kier molecular flexibility index (Phi) is 3.88. The molecule has 0 spiro atoms. The van der Waals surface area contributed by atoms with E-state index in [4.69, 9.17) is 5.11 Å². The molecule has 1 N–H and O–H groups in total. The van der Waals surface area contributed by atoms with Gasteiger partial charge in [-0.25, -0.2) is 4.79 Å². The topological polar surface area (TPSA) is 49.7 Å². The normalized spacial score (nSPS) is 12.9. The fourth-order valence-corrected chi connectivity index (χ4v) is 0.539. The summed E-state index contributed by atoms with van der Waals surface area (Å²) in [6, 6.07) is 0. The Labute approximate surface area is 65.8 Å². The second kappa shape index (κ2) is 4.44. The summed E-state index contributed by atoms with van der Waals surface area (Å²) in [6.07, 6.45) is 2.98. The van der Waals surface area contributed by atoms with Crippen molar-refractivity contribution < 1.29 is 9.90 Å². The van der Waals surface area contributed by atoms with E-state index < -0.39 is 5.97 Å². The van der Waals surface area contributed by atoms with Crippen LogP contribution in [0.2, 0.25) is 0 Å². The Hall–Kier alpha value is -1.38. The van der Waals surface area contributed by atoms with Crippen LogP contribution < -0.4 is 0 Å². The third-order valence-electron chi connectivity index (χ3n) is 1.17. The predicted octanol–water partition coefficient (Wildman–Crippen LogP) is 1.62. The summed E-state index contributed by atoms with van der Waals surface area (Å²) in [5.41, 5.74) is 0.829. The molecule has 60 valence electrons. The van der Waals surface area contributed by atoms with Gasteiger partial charge in [-0.2, -0.15) is 0 Å². The molecule has 0 heterocycles. The number of hydrogen-bond acceptors (Lipinski definition) is 2. The van der Waals surface area contributed by atoms with Gasteiger partial charge in [-0.1, -0.05) is 6.08 Å². The van der Waals surface area contributed by atoms with E-state index in [1.807, 2.05) is 0 Å². The Bertz CT molecular complexity index is 226. The van der Waals surface area contributed by atoms with Crippen molar-refractivity contribution in [1.82, 2.24) is 0 Å². The van der Waals surface area contributed by atoms with E-state index in [1.165, 1.54) is 12.2 Å². The fourth-order valence-electron chi connectivity index (χ4n) is 0.539. The van der Waals surface area contributed by atoms with Crippen LogP contribution in [0.3, 0.4) is 0 Å². The lowest BCUT2D eigenvalue weighted by atomic mass is 10.2. The first-order valence-electron chi connectivity index (χ1n) is 3.16. The maximum Gasteiger partial charge on any atom is 0.335 e. The van der Waals surface area contributed by atoms with Gasteiger partial charge in [0.1, 0.15) is 0 Å². The van der Waals surface area contributed by atoms with E-state index in [9.17, 15) is 4.79 Å². The van der Waals surface area contributed by atoms with E-state index in [0.717, 1.165) is 0 Å². The van der Waals surface area contributed by atoms with E-state index >= 15 is 0 Å². The largest absolute Gasteiger partial charge is 0.478 e. The molecule has 0 radical (unpaired) electrons. The number of aliphatic carboxylic acids is 1. The molecule has 0 amide bonds. The highest BCUT2D eigenvalue weighted by atomic mass is 16.4. The molecule has 0 unspecified atom stereocenters. The second-order valence-electron chi connectivity index (χ2n) is 1.99. The van der Waals surface area contributed by atoms with Gasteiger partial charge in [0, 0.05) is 5.70 Å². The fraction of sp³-hybridized carbons (Fsp3) is 0.250. The highest BCUT2D eigenvalue weighted by molar-refractivity contribution is 5.89. The summed E-state index contributed by atoms with van der Waals surface area (Å²) in [6.45, 7) is 6.63. The van der Waals surface area contributed by atoms with E-state index in [0.29, 0.717) is 5.70 Å². The molecule has 3 heteroatoms. The van der Waals surface area contributed by atoms with Crippen molar-refractivity contribution >= 4 is 12.7 Å². The molecule has 0 aliphatic carbocycles. The van der Waals surface area contributed by atoms with Gasteiger partial charge >= 0.3 is 5.97 Å². The van der Waals surface area contributed by atoms with Crippen LogP contribution in [0.4, 0.5) is 0 Å². The molecule has 0 aliphatic heterocycles. The molecule has 0 aromatic carbocycles. The minimum atomic E-state index is -0.949. The van der Waals surface area contributed by atoms with Crippen LogP contribution in [-0.2, 0) is 4.79 Å². The van der Waals surface area contributed by atoms with Gasteiger partial charge in [0.2, 0.25) is 0 Å². The molecular formula is C8H11NO2. The molecule has 0 aliphatic rings. The number of aliphatic imine (C=N–C) groups is 1. The van der Waals surface area contributed by atoms with E-state index in [1.54, 1.807) is 13.8 Å². The standard InChI is InChI=1S/C8H11NO2/c1-4-7(8(10)11)5-6(2)9-3/h4-5H,3H2,1-2H3,(H,10,11)/b6-5-,7-4+. The van der Waals surface area contributed by atoms with Gasteiger partial charge in [-0.15, -0.1) is 0 Å². The maximum atomic E-state index is 10.4. The molecule has 0 bridgehead atoms. The number of hydrogen-bond donors (Lipinski definition) is 1. The van der Waals surface area contributed by atoms with Gasteiger partial charge in [0.25, 0.3) is 0 Å². The number of carbonyl (C=O) groups is 1. The summed E-state index contributed by atoms with van der Waals surface area (Å²) in [7, 11) is 0. The number of carboxylic acids is 1. The molecule has 0 saturated heterocycles. The van der Waals surface area contributed by atoms with E-state index in [2.05, 4.69) is 11.7 Å². The van der Waals surface area contributed by atoms with Crippen LogP contribution in [0.15, 0.2) is 28.4 Å². The van der Waals surface area contributed by atoms with Crippen LogP contribution in [0.1, 0.15) is 13.8 Å². The molecular weight excluding hydrogens is 142 g/mol. The van der Waals surface area contributed by atoms with Crippen LogP contribution >= 0.6 is 0 Å². The lowest BCUT2D eigenvalue weighted by molar-refractivity contribution is -0.132. The molecule has 0 fully saturated rings. The van der Waals surface area contributed by atoms with Crippen molar-refractivity contribution in [1.29, 1.82) is 0 Å². The third kappa shape index (κ3) is 3.35. The van der Waals surface area contributed by atoms with Gasteiger partial charge < -0.3 is 5.11 Å². The smallest absolute Gasteiger partial charge is 0.335 e. The van der Waals surface area contributed by atoms with Crippen molar-refractivity contribution in [2.45, 2.75) is 13.8 Å². The molecule has 0 aromatic rings. The number of carboxylic acid groups (broad SMARTS) is 1. The number of rotatable bonds is 3. The van der Waals surface area contributed by atoms with Gasteiger partial charge in [0.15, 0.2) is 0 Å². The first-order chi connectivity index (χ1) is 5.11. The SMILES string of the molecule is C=N/C(C)=C\C(=C/C)C(=O)O. The van der Waals surface area contributed by atoms with Crippen molar-refractivity contribution in [3.8, 4) is 0 Å². The first kappa shape index (κ1) is 9.62. The lowest BCUT2D eigenvalue weighted by Gasteiger charge is -1.93. The lowest BCUT2D eigenvalue weighted by Crippen LogP contribution is -1.97. The molecule has 0 saturated carbocycles. The average Bonchev–Trinajstić information content (AvgIpc) is 1.99. The highest BCUT2D eigenvalue weighted by Gasteiger charge is 2.00. The molecule has 0 atom stereocenters. The Morgan fingerprint density at radius 2 is 2.18 bits per heavy atom. The van der Waals surface area contributed by atoms with Crippen molar-refractivity contribution in [3.63, 3.8) is 0 Å². The summed E-state index contributed by atoms with van der Waals surface area (Å²) in [5, 5.41) is 8.54. The van der Waals surface area contributed by atoms with Crippen LogP contribution in [0, 0.1) is 0 Å².